The van der Waals surface area contributed by atoms with E-state index in [2.05, 4.69) is 0 Å². The van der Waals surface area contributed by atoms with Crippen molar-refractivity contribution in [3.63, 3.8) is 0 Å². The topological polar surface area (TPSA) is 9.23 Å². The molecule has 3 rings (SSSR count). The summed E-state index contributed by atoms with van der Waals surface area (Å²) in [5, 5.41) is 0. The minimum atomic E-state index is -0.976. The summed E-state index contributed by atoms with van der Waals surface area (Å²) in [6.45, 7) is 1.78. The molecule has 1 aliphatic rings. The first kappa shape index (κ1) is 18.7. The summed E-state index contributed by atoms with van der Waals surface area (Å²) in [7, 11) is 1.29. The Kier molecular flexibility index (Phi) is 5.54. The van der Waals surface area contributed by atoms with E-state index in [0.29, 0.717) is 48.8 Å². The summed E-state index contributed by atoms with van der Waals surface area (Å²) >= 11 is 0. The van der Waals surface area contributed by atoms with Crippen LogP contribution in [0, 0.1) is 23.3 Å². The molecule has 1 nitrogen and oxygen atoms in total. The fraction of sp³-hybridized carbons (Fsp3) is 0.429. The number of benzene rings is 2. The van der Waals surface area contributed by atoms with E-state index in [1.165, 1.54) is 13.2 Å². The Bertz CT molecular complexity index is 728. The van der Waals surface area contributed by atoms with Crippen LogP contribution >= 0.6 is 0 Å². The van der Waals surface area contributed by atoms with E-state index < -0.39 is 23.3 Å². The second-order valence-electron chi connectivity index (χ2n) is 6.83. The molecule has 0 radical (unpaired) electrons. The fourth-order valence-corrected chi connectivity index (χ4v) is 3.93. The van der Waals surface area contributed by atoms with Crippen LogP contribution in [0.15, 0.2) is 24.3 Å². The van der Waals surface area contributed by atoms with E-state index in [4.69, 9.17) is 4.74 Å². The first-order chi connectivity index (χ1) is 12.5. The lowest BCUT2D eigenvalue weighted by Crippen LogP contribution is -2.15. The lowest BCUT2D eigenvalue weighted by atomic mass is 9.75. The zero-order valence-electron chi connectivity index (χ0n) is 14.9. The van der Waals surface area contributed by atoms with Crippen molar-refractivity contribution in [1.29, 1.82) is 0 Å². The highest BCUT2D eigenvalue weighted by molar-refractivity contribution is 5.34. The Hall–Kier alpha value is -2.04. The molecule has 0 saturated heterocycles. The van der Waals surface area contributed by atoms with Crippen molar-refractivity contribution in [3.8, 4) is 5.75 Å². The molecule has 0 bridgehead atoms. The van der Waals surface area contributed by atoms with E-state index in [1.54, 1.807) is 25.1 Å². The Morgan fingerprint density at radius 3 is 1.77 bits per heavy atom. The van der Waals surface area contributed by atoms with Crippen molar-refractivity contribution in [2.24, 2.45) is 0 Å². The molecule has 0 spiro atoms. The van der Waals surface area contributed by atoms with Crippen LogP contribution in [0.5, 0.6) is 5.75 Å². The molecular formula is C21H22F4O. The van der Waals surface area contributed by atoms with Gasteiger partial charge in [-0.05, 0) is 66.7 Å². The van der Waals surface area contributed by atoms with Gasteiger partial charge in [0.25, 0.3) is 0 Å². The first-order valence-electron chi connectivity index (χ1n) is 8.96. The summed E-state index contributed by atoms with van der Waals surface area (Å²) in [5.74, 6) is -3.74. The first-order valence-corrected chi connectivity index (χ1v) is 8.96. The molecule has 0 aliphatic heterocycles. The van der Waals surface area contributed by atoms with E-state index in [9.17, 15) is 17.6 Å². The van der Waals surface area contributed by atoms with Gasteiger partial charge in [0.2, 0.25) is 5.82 Å². The Balaban J connectivity index is 1.76. The van der Waals surface area contributed by atoms with Crippen molar-refractivity contribution in [2.75, 3.05) is 7.11 Å². The largest absolute Gasteiger partial charge is 0.494 e. The summed E-state index contributed by atoms with van der Waals surface area (Å²) in [5.41, 5.74) is 1.09. The van der Waals surface area contributed by atoms with Crippen LogP contribution in [0.25, 0.3) is 0 Å². The number of rotatable bonds is 4. The Morgan fingerprint density at radius 1 is 0.769 bits per heavy atom. The molecule has 0 heterocycles. The van der Waals surface area contributed by atoms with Gasteiger partial charge in [-0.3, -0.25) is 0 Å². The number of hydrogen-bond acceptors (Lipinski definition) is 1. The molecule has 1 saturated carbocycles. The van der Waals surface area contributed by atoms with Gasteiger partial charge in [0.1, 0.15) is 0 Å². The standard InChI is InChI=1S/C21H22F4O/c1-3-12-8-9-15(19(23)18(12)22)13-4-6-14(7-5-13)16-10-11-17(26-2)21(25)20(16)24/h8-11,13-14H,3-7H2,1-2H3. The summed E-state index contributed by atoms with van der Waals surface area (Å²) in [6.07, 6.45) is 2.87. The van der Waals surface area contributed by atoms with Gasteiger partial charge >= 0.3 is 0 Å². The average molecular weight is 366 g/mol. The van der Waals surface area contributed by atoms with Crippen molar-refractivity contribution in [1.82, 2.24) is 0 Å². The minimum Gasteiger partial charge on any atom is -0.494 e. The van der Waals surface area contributed by atoms with Gasteiger partial charge < -0.3 is 4.74 Å². The number of aryl methyl sites for hydroxylation is 1. The molecule has 2 aromatic rings. The number of hydrogen-bond donors (Lipinski definition) is 0. The molecule has 0 aromatic heterocycles. The van der Waals surface area contributed by atoms with Gasteiger partial charge in [-0.15, -0.1) is 0 Å². The second-order valence-corrected chi connectivity index (χ2v) is 6.83. The van der Waals surface area contributed by atoms with Crippen LogP contribution in [0.1, 0.15) is 61.1 Å². The van der Waals surface area contributed by atoms with Crippen LogP contribution in [0.3, 0.4) is 0 Å². The highest BCUT2D eigenvalue weighted by atomic mass is 19.2. The number of halogens is 4. The van der Waals surface area contributed by atoms with Crippen LogP contribution in [-0.4, -0.2) is 7.11 Å². The van der Waals surface area contributed by atoms with Crippen molar-refractivity contribution >= 4 is 0 Å². The van der Waals surface area contributed by atoms with Gasteiger partial charge in [0.15, 0.2) is 23.2 Å². The maximum Gasteiger partial charge on any atom is 0.200 e. The maximum absolute atomic E-state index is 14.4. The highest BCUT2D eigenvalue weighted by Gasteiger charge is 2.29. The van der Waals surface area contributed by atoms with E-state index in [0.717, 1.165) is 0 Å². The molecule has 0 amide bonds. The zero-order valence-corrected chi connectivity index (χ0v) is 14.9. The molecule has 2 aromatic carbocycles. The molecule has 5 heteroatoms. The van der Waals surface area contributed by atoms with Crippen LogP contribution in [0.2, 0.25) is 0 Å². The van der Waals surface area contributed by atoms with Gasteiger partial charge in [-0.2, -0.15) is 4.39 Å². The normalized spacial score (nSPS) is 20.2. The predicted molar refractivity (Wildman–Crippen MR) is 92.6 cm³/mol. The van der Waals surface area contributed by atoms with Gasteiger partial charge in [0.05, 0.1) is 7.11 Å². The van der Waals surface area contributed by atoms with Crippen LogP contribution < -0.4 is 4.74 Å². The van der Waals surface area contributed by atoms with Crippen LogP contribution in [-0.2, 0) is 6.42 Å². The Labute approximate surface area is 151 Å². The second kappa shape index (κ2) is 7.68. The van der Waals surface area contributed by atoms with Crippen molar-refractivity contribution in [2.45, 2.75) is 50.9 Å². The summed E-state index contributed by atoms with van der Waals surface area (Å²) in [6, 6.07) is 6.28. The summed E-state index contributed by atoms with van der Waals surface area (Å²) in [4.78, 5) is 0. The van der Waals surface area contributed by atoms with Gasteiger partial charge in [-0.25, -0.2) is 13.2 Å². The SMILES string of the molecule is CCc1ccc(C2CCC(c3ccc(OC)c(F)c3F)CC2)c(F)c1F. The third-order valence-electron chi connectivity index (χ3n) is 5.48. The molecule has 0 unspecified atom stereocenters. The predicted octanol–water partition coefficient (Wildman–Crippen LogP) is 6.26. The average Bonchev–Trinajstić information content (AvgIpc) is 2.66. The van der Waals surface area contributed by atoms with Crippen molar-refractivity contribution < 1.29 is 22.3 Å². The molecular weight excluding hydrogens is 344 g/mol. The molecule has 140 valence electrons. The molecule has 1 fully saturated rings. The fourth-order valence-electron chi connectivity index (χ4n) is 3.93. The van der Waals surface area contributed by atoms with Crippen molar-refractivity contribution in [3.05, 3.63) is 64.2 Å². The quantitative estimate of drug-likeness (QED) is 0.581. The monoisotopic (exact) mass is 366 g/mol. The Morgan fingerprint density at radius 2 is 1.27 bits per heavy atom. The van der Waals surface area contributed by atoms with Gasteiger partial charge in [0, 0.05) is 0 Å². The molecule has 26 heavy (non-hydrogen) atoms. The molecule has 0 N–H and O–H groups in total. The maximum atomic E-state index is 14.4. The third-order valence-corrected chi connectivity index (χ3v) is 5.48. The molecule has 1 aliphatic carbocycles. The minimum absolute atomic E-state index is 0.0992. The summed E-state index contributed by atoms with van der Waals surface area (Å²) < 4.78 is 61.4. The van der Waals surface area contributed by atoms with E-state index in [1.807, 2.05) is 0 Å². The van der Waals surface area contributed by atoms with Gasteiger partial charge in [-0.1, -0.05) is 25.1 Å². The third kappa shape index (κ3) is 3.31. The highest BCUT2D eigenvalue weighted by Crippen LogP contribution is 2.43. The number of ether oxygens (including phenoxy) is 1. The number of methoxy groups -OCH3 is 1. The lowest BCUT2D eigenvalue weighted by Gasteiger charge is -2.30. The van der Waals surface area contributed by atoms with Crippen LogP contribution in [0.4, 0.5) is 17.6 Å². The van der Waals surface area contributed by atoms with E-state index in [-0.39, 0.29) is 17.6 Å². The lowest BCUT2D eigenvalue weighted by molar-refractivity contribution is 0.353. The smallest absolute Gasteiger partial charge is 0.200 e. The molecule has 0 atom stereocenters. The van der Waals surface area contributed by atoms with E-state index >= 15 is 0 Å². The zero-order chi connectivity index (χ0) is 18.8.